The number of hydrogen-bond acceptors (Lipinski definition) is 6. The van der Waals surface area contributed by atoms with Gasteiger partial charge in [0.25, 0.3) is 0 Å². The fraction of sp³-hybridized carbons (Fsp3) is 0.190. The third kappa shape index (κ3) is 3.00. The van der Waals surface area contributed by atoms with Crippen molar-refractivity contribution in [3.8, 4) is 28.4 Å². The van der Waals surface area contributed by atoms with Crippen molar-refractivity contribution in [3.05, 3.63) is 48.7 Å². The van der Waals surface area contributed by atoms with E-state index in [9.17, 15) is 9.59 Å². The lowest BCUT2D eigenvalue weighted by Crippen LogP contribution is -2.35. The quantitative estimate of drug-likeness (QED) is 0.691. The van der Waals surface area contributed by atoms with Gasteiger partial charge < -0.3 is 24.8 Å². The molecule has 0 aliphatic carbocycles. The number of amides is 2. The zero-order valence-electron chi connectivity index (χ0n) is 16.0. The zero-order chi connectivity index (χ0) is 20.7. The van der Waals surface area contributed by atoms with Gasteiger partial charge in [-0.3, -0.25) is 9.59 Å². The summed E-state index contributed by atoms with van der Waals surface area (Å²) in [5.74, 6) is 1.69. The van der Waals surface area contributed by atoms with Crippen LogP contribution in [0.1, 0.15) is 12.5 Å². The number of nitrogens with one attached hydrogen (secondary N) is 2. The lowest BCUT2D eigenvalue weighted by Gasteiger charge is -2.24. The largest absolute Gasteiger partial charge is 0.496 e. The van der Waals surface area contributed by atoms with Crippen LogP contribution in [0.5, 0.6) is 17.2 Å². The number of para-hydroxylation sites is 1. The minimum absolute atomic E-state index is 0.0174. The molecule has 3 aromatic rings. The summed E-state index contributed by atoms with van der Waals surface area (Å²) in [4.78, 5) is 25.4. The van der Waals surface area contributed by atoms with E-state index in [1.165, 1.54) is 4.68 Å². The summed E-state index contributed by atoms with van der Waals surface area (Å²) in [5.41, 5.74) is 2.01. The number of benzene rings is 2. The number of hydrogen-bond donors (Lipinski definition) is 2. The van der Waals surface area contributed by atoms with Gasteiger partial charge in [0.15, 0.2) is 11.5 Å². The summed E-state index contributed by atoms with van der Waals surface area (Å²) in [6, 6.07) is 11.8. The van der Waals surface area contributed by atoms with Crippen LogP contribution in [0, 0.1) is 0 Å². The average Bonchev–Trinajstić information content (AvgIpc) is 3.39. The highest BCUT2D eigenvalue weighted by molar-refractivity contribution is 6.03. The van der Waals surface area contributed by atoms with Gasteiger partial charge >= 0.3 is 0 Å². The number of aromatic nitrogens is 2. The molecule has 2 aromatic carbocycles. The first kappa shape index (κ1) is 18.0. The van der Waals surface area contributed by atoms with Crippen LogP contribution in [0.4, 0.5) is 11.5 Å². The number of ether oxygens (including phenoxy) is 3. The van der Waals surface area contributed by atoms with Crippen LogP contribution in [0.3, 0.4) is 0 Å². The highest BCUT2D eigenvalue weighted by Gasteiger charge is 2.34. The molecule has 152 valence electrons. The van der Waals surface area contributed by atoms with Gasteiger partial charge in [-0.05, 0) is 18.2 Å². The normalized spacial score (nSPS) is 16.6. The Labute approximate surface area is 171 Å². The fourth-order valence-corrected chi connectivity index (χ4v) is 3.64. The van der Waals surface area contributed by atoms with E-state index >= 15 is 0 Å². The summed E-state index contributed by atoms with van der Waals surface area (Å²) in [6.07, 6.45) is 1.61. The van der Waals surface area contributed by atoms with Gasteiger partial charge in [0.05, 0.1) is 19.7 Å². The summed E-state index contributed by atoms with van der Waals surface area (Å²) >= 11 is 0. The maximum absolute atomic E-state index is 13.0. The molecule has 0 radical (unpaired) electrons. The Kier molecular flexibility index (Phi) is 4.27. The van der Waals surface area contributed by atoms with E-state index in [1.54, 1.807) is 31.5 Å². The molecule has 1 atom stereocenters. The summed E-state index contributed by atoms with van der Waals surface area (Å²) in [6.45, 7) is 0.151. The maximum Gasteiger partial charge on any atom is 0.249 e. The van der Waals surface area contributed by atoms with Crippen molar-refractivity contribution in [2.24, 2.45) is 0 Å². The van der Waals surface area contributed by atoms with Gasteiger partial charge in [-0.2, -0.15) is 5.10 Å². The van der Waals surface area contributed by atoms with Crippen molar-refractivity contribution in [3.63, 3.8) is 0 Å². The molecule has 9 nitrogen and oxygen atoms in total. The van der Waals surface area contributed by atoms with Gasteiger partial charge in [0.1, 0.15) is 17.6 Å². The number of fused-ring (bicyclic) bond motifs is 2. The molecule has 0 saturated carbocycles. The molecule has 2 aliphatic rings. The monoisotopic (exact) mass is 406 g/mol. The van der Waals surface area contributed by atoms with Crippen LogP contribution < -0.4 is 24.8 Å². The minimum atomic E-state index is -0.789. The molecule has 0 saturated heterocycles. The van der Waals surface area contributed by atoms with Crippen molar-refractivity contribution in [2.75, 3.05) is 24.5 Å². The van der Waals surface area contributed by atoms with Crippen molar-refractivity contribution in [1.29, 1.82) is 0 Å². The van der Waals surface area contributed by atoms with Crippen LogP contribution in [-0.2, 0) is 9.59 Å². The minimum Gasteiger partial charge on any atom is -0.496 e. The molecule has 0 fully saturated rings. The first-order chi connectivity index (χ1) is 14.6. The molecule has 2 aliphatic heterocycles. The lowest BCUT2D eigenvalue weighted by molar-refractivity contribution is -0.125. The van der Waals surface area contributed by atoms with Gasteiger partial charge in [-0.25, -0.2) is 4.68 Å². The molecule has 0 unspecified atom stereocenters. The Bertz CT molecular complexity index is 1160. The van der Waals surface area contributed by atoms with Gasteiger partial charge in [-0.15, -0.1) is 0 Å². The first-order valence-electron chi connectivity index (χ1n) is 9.35. The zero-order valence-corrected chi connectivity index (χ0v) is 16.0. The van der Waals surface area contributed by atoms with Crippen molar-refractivity contribution in [2.45, 2.75) is 12.5 Å². The maximum atomic E-state index is 13.0. The number of anilines is 2. The van der Waals surface area contributed by atoms with E-state index in [0.717, 1.165) is 5.56 Å². The Hall–Kier alpha value is -4.01. The predicted octanol–water partition coefficient (Wildman–Crippen LogP) is 2.81. The first-order valence-corrected chi connectivity index (χ1v) is 9.35. The van der Waals surface area contributed by atoms with E-state index in [0.29, 0.717) is 34.3 Å². The third-order valence-electron chi connectivity index (χ3n) is 5.07. The van der Waals surface area contributed by atoms with E-state index in [4.69, 9.17) is 14.2 Å². The van der Waals surface area contributed by atoms with Crippen LogP contribution in [0.25, 0.3) is 11.1 Å². The molecule has 2 amide bonds. The third-order valence-corrected chi connectivity index (χ3v) is 5.07. The molecular formula is C21H18N4O5. The van der Waals surface area contributed by atoms with Gasteiger partial charge in [-0.1, -0.05) is 18.2 Å². The summed E-state index contributed by atoms with van der Waals surface area (Å²) in [5, 5.41) is 10.1. The SMILES string of the molecule is COc1ccccc1-c1cnn2c1NC(=O)C[C@H]2C(=O)Nc1ccc2c(c1)OCO2. The van der Waals surface area contributed by atoms with Crippen molar-refractivity contribution >= 4 is 23.3 Å². The molecule has 0 bridgehead atoms. The number of nitrogens with zero attached hydrogens (tertiary/aromatic N) is 2. The average molecular weight is 406 g/mol. The molecule has 9 heteroatoms. The van der Waals surface area contributed by atoms with Crippen LogP contribution in [-0.4, -0.2) is 35.5 Å². The molecule has 5 rings (SSSR count). The van der Waals surface area contributed by atoms with E-state index in [-0.39, 0.29) is 25.0 Å². The molecule has 2 N–H and O–H groups in total. The molecule has 1 aromatic heterocycles. The number of carbonyl (C=O) groups excluding carboxylic acids is 2. The van der Waals surface area contributed by atoms with E-state index in [2.05, 4.69) is 15.7 Å². The molecular weight excluding hydrogens is 388 g/mol. The topological polar surface area (TPSA) is 104 Å². The fourth-order valence-electron chi connectivity index (χ4n) is 3.64. The summed E-state index contributed by atoms with van der Waals surface area (Å²) in [7, 11) is 1.58. The highest BCUT2D eigenvalue weighted by atomic mass is 16.7. The number of methoxy groups -OCH3 is 1. The van der Waals surface area contributed by atoms with E-state index in [1.807, 2.05) is 24.3 Å². The standard InChI is InChI=1S/C21H18N4O5/c1-28-16-5-3-2-4-13(16)14-10-22-25-15(9-19(26)24-20(14)25)21(27)23-12-6-7-17-18(8-12)30-11-29-17/h2-8,10,15H,9,11H2,1H3,(H,23,27)(H,24,26)/t15-/m0/s1. The predicted molar refractivity (Wildman–Crippen MR) is 108 cm³/mol. The van der Waals surface area contributed by atoms with Gasteiger partial charge in [0.2, 0.25) is 18.6 Å². The Balaban J connectivity index is 1.46. The summed E-state index contributed by atoms with van der Waals surface area (Å²) < 4.78 is 17.6. The molecule has 3 heterocycles. The van der Waals surface area contributed by atoms with E-state index < -0.39 is 6.04 Å². The van der Waals surface area contributed by atoms with Crippen LogP contribution in [0.2, 0.25) is 0 Å². The molecule has 30 heavy (non-hydrogen) atoms. The lowest BCUT2D eigenvalue weighted by atomic mass is 10.1. The second-order valence-electron chi connectivity index (χ2n) is 6.88. The Morgan fingerprint density at radius 2 is 2.03 bits per heavy atom. The van der Waals surface area contributed by atoms with Gasteiger partial charge in [0, 0.05) is 22.9 Å². The number of rotatable bonds is 4. The highest BCUT2D eigenvalue weighted by Crippen LogP contribution is 2.39. The van der Waals surface area contributed by atoms with Crippen molar-refractivity contribution in [1.82, 2.24) is 9.78 Å². The second-order valence-corrected chi connectivity index (χ2v) is 6.88. The van der Waals surface area contributed by atoms with Crippen LogP contribution >= 0.6 is 0 Å². The number of carbonyl (C=O) groups is 2. The Morgan fingerprint density at radius 3 is 2.90 bits per heavy atom. The van der Waals surface area contributed by atoms with Crippen LogP contribution in [0.15, 0.2) is 48.7 Å². The Morgan fingerprint density at radius 1 is 1.20 bits per heavy atom. The smallest absolute Gasteiger partial charge is 0.249 e. The molecule has 0 spiro atoms. The van der Waals surface area contributed by atoms with Crippen molar-refractivity contribution < 1.29 is 23.8 Å². The second kappa shape index (κ2) is 7.11.